The van der Waals surface area contributed by atoms with Crippen molar-refractivity contribution in [3.63, 3.8) is 0 Å². The first-order valence-corrected chi connectivity index (χ1v) is 6.99. The molecule has 0 saturated carbocycles. The van der Waals surface area contributed by atoms with Crippen LogP contribution in [0.4, 0.5) is 16.2 Å². The largest absolute Gasteiger partial charge is 0.379 e. The maximum atomic E-state index is 14.2. The average Bonchev–Trinajstić information content (AvgIpc) is 2.53. The molecule has 0 bridgehead atoms. The number of nitrogens with two attached hydrogens (primary N) is 1. The molecular formula is C12H19FN6O2. The lowest BCUT2D eigenvalue weighted by atomic mass is 10.4. The summed E-state index contributed by atoms with van der Waals surface area (Å²) in [5.41, 5.74) is 5.62. The summed E-state index contributed by atoms with van der Waals surface area (Å²) in [4.78, 5) is 7.77. The fraction of sp³-hybridized carbons (Fsp3) is 0.667. The van der Waals surface area contributed by atoms with Crippen LogP contribution in [0.25, 0.3) is 0 Å². The van der Waals surface area contributed by atoms with Crippen molar-refractivity contribution in [1.82, 2.24) is 20.0 Å². The second kappa shape index (κ2) is 6.48. The van der Waals surface area contributed by atoms with Gasteiger partial charge in [0.25, 0.3) is 0 Å². The normalized spacial score (nSPS) is 21.4. The molecule has 2 fully saturated rings. The Morgan fingerprint density at radius 1 is 1.05 bits per heavy atom. The molecule has 21 heavy (non-hydrogen) atoms. The molecule has 0 atom stereocenters. The second-order valence-electron chi connectivity index (χ2n) is 4.82. The highest BCUT2D eigenvalue weighted by Crippen LogP contribution is 2.22. The van der Waals surface area contributed by atoms with E-state index >= 15 is 0 Å². The van der Waals surface area contributed by atoms with Crippen LogP contribution in [0.2, 0.25) is 0 Å². The Hall–Kier alpha value is -1.55. The van der Waals surface area contributed by atoms with Gasteiger partial charge in [0.1, 0.15) is 0 Å². The van der Waals surface area contributed by atoms with Crippen LogP contribution in [-0.4, -0.2) is 72.6 Å². The number of morpholine rings is 2. The minimum absolute atomic E-state index is 0.0536. The molecular weight excluding hydrogens is 279 g/mol. The molecule has 0 amide bonds. The van der Waals surface area contributed by atoms with Gasteiger partial charge < -0.3 is 15.2 Å². The van der Waals surface area contributed by atoms with Crippen LogP contribution in [0.3, 0.4) is 0 Å². The van der Waals surface area contributed by atoms with Gasteiger partial charge in [0.15, 0.2) is 11.6 Å². The summed E-state index contributed by atoms with van der Waals surface area (Å²) in [5, 5.41) is 5.79. The minimum atomic E-state index is -0.498. The first kappa shape index (κ1) is 14.4. The van der Waals surface area contributed by atoms with Crippen LogP contribution in [0.1, 0.15) is 0 Å². The van der Waals surface area contributed by atoms with Crippen LogP contribution in [0.5, 0.6) is 0 Å². The lowest BCUT2D eigenvalue weighted by Gasteiger charge is -2.45. The first-order chi connectivity index (χ1) is 10.3. The molecule has 2 aliphatic rings. The maximum Gasteiger partial charge on any atom is 0.222 e. The van der Waals surface area contributed by atoms with Crippen molar-refractivity contribution in [1.29, 1.82) is 0 Å². The first-order valence-electron chi connectivity index (χ1n) is 6.99. The van der Waals surface area contributed by atoms with E-state index in [1.165, 1.54) is 0 Å². The van der Waals surface area contributed by atoms with Gasteiger partial charge in [-0.05, 0) is 0 Å². The van der Waals surface area contributed by atoms with E-state index in [0.717, 1.165) is 6.20 Å². The summed E-state index contributed by atoms with van der Waals surface area (Å²) in [6.07, 6.45) is 1.10. The Labute approximate surface area is 122 Å². The van der Waals surface area contributed by atoms with E-state index in [0.29, 0.717) is 52.6 Å². The van der Waals surface area contributed by atoms with E-state index < -0.39 is 5.82 Å². The number of ether oxygens (including phenoxy) is 2. The highest BCUT2D eigenvalue weighted by Gasteiger charge is 2.29. The number of nitrogen functional groups attached to an aromatic ring is 1. The van der Waals surface area contributed by atoms with Crippen molar-refractivity contribution in [3.05, 3.63) is 12.0 Å². The standard InChI is InChI=1S/C12H19FN6O2/c13-10-9-15-12(14)16-11(10)19(17-1-5-20-6-2-17)18-3-7-21-8-4-18/h9H,1-8H2,(H2,14,15,16). The number of hydrogen-bond donors (Lipinski definition) is 1. The molecule has 9 heteroatoms. The molecule has 0 unspecified atom stereocenters. The molecule has 2 aliphatic heterocycles. The van der Waals surface area contributed by atoms with E-state index in [1.54, 1.807) is 5.12 Å². The predicted molar refractivity (Wildman–Crippen MR) is 73.7 cm³/mol. The number of halogens is 1. The Bertz CT molecular complexity index is 461. The average molecular weight is 298 g/mol. The van der Waals surface area contributed by atoms with Crippen molar-refractivity contribution in [3.8, 4) is 0 Å². The van der Waals surface area contributed by atoms with Crippen molar-refractivity contribution in [2.45, 2.75) is 0 Å². The Balaban J connectivity index is 1.91. The Kier molecular flexibility index (Phi) is 4.44. The van der Waals surface area contributed by atoms with Crippen LogP contribution in [0, 0.1) is 5.82 Å². The topological polar surface area (TPSA) is 80.0 Å². The van der Waals surface area contributed by atoms with Gasteiger partial charge in [0.05, 0.1) is 32.6 Å². The number of aromatic nitrogens is 2. The van der Waals surface area contributed by atoms with E-state index in [4.69, 9.17) is 15.2 Å². The fourth-order valence-corrected chi connectivity index (χ4v) is 2.44. The monoisotopic (exact) mass is 298 g/mol. The van der Waals surface area contributed by atoms with Gasteiger partial charge in [0.2, 0.25) is 5.95 Å². The smallest absolute Gasteiger partial charge is 0.222 e. The zero-order valence-electron chi connectivity index (χ0n) is 11.7. The van der Waals surface area contributed by atoms with E-state index in [2.05, 4.69) is 9.97 Å². The number of anilines is 2. The summed E-state index contributed by atoms with van der Waals surface area (Å²) < 4.78 is 24.9. The zero-order valence-corrected chi connectivity index (χ0v) is 11.7. The molecule has 0 spiro atoms. The van der Waals surface area contributed by atoms with Crippen LogP contribution >= 0.6 is 0 Å². The van der Waals surface area contributed by atoms with Gasteiger partial charge in [-0.2, -0.15) is 15.0 Å². The highest BCUT2D eigenvalue weighted by molar-refractivity contribution is 5.40. The molecule has 2 N–H and O–H groups in total. The summed E-state index contributed by atoms with van der Waals surface area (Å²) in [7, 11) is 0. The lowest BCUT2D eigenvalue weighted by Crippen LogP contribution is -2.60. The predicted octanol–water partition coefficient (Wildman–Crippen LogP) is -0.501. The van der Waals surface area contributed by atoms with Gasteiger partial charge in [-0.15, -0.1) is 0 Å². The molecule has 2 saturated heterocycles. The van der Waals surface area contributed by atoms with E-state index in [9.17, 15) is 4.39 Å². The Morgan fingerprint density at radius 3 is 2.10 bits per heavy atom. The number of hydrogen-bond acceptors (Lipinski definition) is 8. The molecule has 0 aromatic carbocycles. The van der Waals surface area contributed by atoms with Crippen molar-refractivity contribution in [2.75, 3.05) is 63.5 Å². The molecule has 116 valence electrons. The van der Waals surface area contributed by atoms with Crippen LogP contribution in [-0.2, 0) is 9.47 Å². The molecule has 0 aliphatic carbocycles. The van der Waals surface area contributed by atoms with Crippen LogP contribution in [0.15, 0.2) is 6.20 Å². The zero-order chi connectivity index (χ0) is 14.7. The number of nitrogens with zero attached hydrogens (tertiary/aromatic N) is 5. The molecule has 8 nitrogen and oxygen atoms in total. The third-order valence-corrected chi connectivity index (χ3v) is 3.44. The van der Waals surface area contributed by atoms with Gasteiger partial charge in [0, 0.05) is 26.2 Å². The second-order valence-corrected chi connectivity index (χ2v) is 4.82. The van der Waals surface area contributed by atoms with Gasteiger partial charge in [-0.25, -0.2) is 14.5 Å². The minimum Gasteiger partial charge on any atom is -0.379 e. The summed E-state index contributed by atoms with van der Waals surface area (Å²) in [6, 6.07) is 0. The van der Waals surface area contributed by atoms with Gasteiger partial charge in [-0.1, -0.05) is 0 Å². The van der Waals surface area contributed by atoms with E-state index in [1.807, 2.05) is 10.0 Å². The fourth-order valence-electron chi connectivity index (χ4n) is 2.44. The van der Waals surface area contributed by atoms with Crippen molar-refractivity contribution < 1.29 is 13.9 Å². The summed E-state index contributed by atoms with van der Waals surface area (Å²) in [5.74, 6) is -0.272. The molecule has 0 radical (unpaired) electrons. The maximum absolute atomic E-state index is 14.2. The SMILES string of the molecule is Nc1ncc(F)c(N(N2CCOCC2)N2CCOCC2)n1. The summed E-state index contributed by atoms with van der Waals surface area (Å²) >= 11 is 0. The van der Waals surface area contributed by atoms with Gasteiger partial charge >= 0.3 is 0 Å². The molecule has 1 aromatic rings. The Morgan fingerprint density at radius 2 is 1.57 bits per heavy atom. The lowest BCUT2D eigenvalue weighted by molar-refractivity contribution is -0.0403. The van der Waals surface area contributed by atoms with E-state index in [-0.39, 0.29) is 11.8 Å². The molecule has 3 rings (SSSR count). The van der Waals surface area contributed by atoms with Crippen LogP contribution < -0.4 is 10.9 Å². The number of rotatable bonds is 3. The third kappa shape index (κ3) is 3.21. The summed E-state index contributed by atoms with van der Waals surface area (Å²) in [6.45, 7) is 5.07. The molecule has 3 heterocycles. The van der Waals surface area contributed by atoms with Crippen molar-refractivity contribution in [2.24, 2.45) is 0 Å². The van der Waals surface area contributed by atoms with Crippen molar-refractivity contribution >= 4 is 11.8 Å². The third-order valence-electron chi connectivity index (χ3n) is 3.44. The quantitative estimate of drug-likeness (QED) is 0.800. The number of hydrazine groups is 2. The highest BCUT2D eigenvalue weighted by atomic mass is 19.1. The van der Waals surface area contributed by atoms with Gasteiger partial charge in [-0.3, -0.25) is 0 Å². The molecule has 1 aromatic heterocycles.